The van der Waals surface area contributed by atoms with Gasteiger partial charge in [-0.05, 0) is 24.8 Å². The van der Waals surface area contributed by atoms with Gasteiger partial charge in [-0.15, -0.1) is 0 Å². The van der Waals surface area contributed by atoms with Crippen molar-refractivity contribution in [1.29, 1.82) is 0 Å². The number of ether oxygens (including phenoxy) is 1. The minimum Gasteiger partial charge on any atom is -0.465 e. The number of benzene rings is 1. The summed E-state index contributed by atoms with van der Waals surface area (Å²) < 4.78 is 5.17. The van der Waals surface area contributed by atoms with Crippen LogP contribution in [0.2, 0.25) is 0 Å². The molecule has 7 nitrogen and oxygen atoms in total. The number of aliphatic hydroxyl groups excluding tert-OH is 1. The van der Waals surface area contributed by atoms with Crippen molar-refractivity contribution in [3.05, 3.63) is 35.9 Å². The fourth-order valence-corrected chi connectivity index (χ4v) is 2.88. The SMILES string of the molecule is O=C(O)NC1CC[C@H](NC(=O)OCc2ccccc2)[C@H](CO)C1. The number of carbonyl (C=O) groups is 2. The van der Waals surface area contributed by atoms with Crippen molar-refractivity contribution < 1.29 is 24.5 Å². The van der Waals surface area contributed by atoms with E-state index in [1.807, 2.05) is 30.3 Å². The summed E-state index contributed by atoms with van der Waals surface area (Å²) in [6.45, 7) is 0.0772. The van der Waals surface area contributed by atoms with Crippen molar-refractivity contribution in [2.24, 2.45) is 5.92 Å². The first-order chi connectivity index (χ1) is 11.1. The summed E-state index contributed by atoms with van der Waals surface area (Å²) in [7, 11) is 0. The fourth-order valence-electron chi connectivity index (χ4n) is 2.88. The van der Waals surface area contributed by atoms with Crippen molar-refractivity contribution in [3.63, 3.8) is 0 Å². The molecule has 0 aromatic heterocycles. The van der Waals surface area contributed by atoms with E-state index in [0.29, 0.717) is 19.3 Å². The third-order valence-electron chi connectivity index (χ3n) is 4.06. The summed E-state index contributed by atoms with van der Waals surface area (Å²) in [6.07, 6.45) is 0.109. The first kappa shape index (κ1) is 17.1. The average Bonchev–Trinajstić information content (AvgIpc) is 2.55. The van der Waals surface area contributed by atoms with E-state index >= 15 is 0 Å². The van der Waals surface area contributed by atoms with Gasteiger partial charge in [0.15, 0.2) is 0 Å². The highest BCUT2D eigenvalue weighted by atomic mass is 16.5. The van der Waals surface area contributed by atoms with Gasteiger partial charge in [-0.1, -0.05) is 30.3 Å². The summed E-state index contributed by atoms with van der Waals surface area (Å²) in [6, 6.07) is 8.96. The van der Waals surface area contributed by atoms with Gasteiger partial charge in [0, 0.05) is 24.6 Å². The Morgan fingerprint density at radius 3 is 2.57 bits per heavy atom. The number of hydrogen-bond donors (Lipinski definition) is 4. The van der Waals surface area contributed by atoms with E-state index in [-0.39, 0.29) is 31.2 Å². The molecule has 0 radical (unpaired) electrons. The molecule has 1 saturated carbocycles. The Hall–Kier alpha value is -2.28. The molecular weight excluding hydrogens is 300 g/mol. The zero-order valence-electron chi connectivity index (χ0n) is 12.8. The van der Waals surface area contributed by atoms with Crippen LogP contribution >= 0.6 is 0 Å². The maximum absolute atomic E-state index is 11.9. The summed E-state index contributed by atoms with van der Waals surface area (Å²) >= 11 is 0. The summed E-state index contributed by atoms with van der Waals surface area (Å²) in [5, 5.41) is 23.4. The van der Waals surface area contributed by atoms with Gasteiger partial charge in [0.05, 0.1) is 0 Å². The number of carboxylic acid groups (broad SMARTS) is 1. The maximum Gasteiger partial charge on any atom is 0.407 e. The molecule has 126 valence electrons. The van der Waals surface area contributed by atoms with E-state index in [9.17, 15) is 14.7 Å². The van der Waals surface area contributed by atoms with Gasteiger partial charge in [-0.2, -0.15) is 0 Å². The molecule has 1 aliphatic carbocycles. The van der Waals surface area contributed by atoms with Crippen molar-refractivity contribution in [2.45, 2.75) is 38.0 Å². The van der Waals surface area contributed by atoms with Crippen LogP contribution in [0.3, 0.4) is 0 Å². The third-order valence-corrected chi connectivity index (χ3v) is 4.06. The van der Waals surface area contributed by atoms with Crippen LogP contribution in [0.4, 0.5) is 9.59 Å². The second-order valence-electron chi connectivity index (χ2n) is 5.71. The lowest BCUT2D eigenvalue weighted by Gasteiger charge is -2.35. The molecule has 0 bridgehead atoms. The predicted molar refractivity (Wildman–Crippen MR) is 82.9 cm³/mol. The number of nitrogens with one attached hydrogen (secondary N) is 2. The van der Waals surface area contributed by atoms with Gasteiger partial charge < -0.3 is 25.6 Å². The molecule has 4 N–H and O–H groups in total. The van der Waals surface area contributed by atoms with Gasteiger partial charge in [-0.3, -0.25) is 0 Å². The van der Waals surface area contributed by atoms with Crippen LogP contribution in [0.25, 0.3) is 0 Å². The lowest BCUT2D eigenvalue weighted by atomic mass is 9.82. The van der Waals surface area contributed by atoms with Crippen molar-refractivity contribution in [1.82, 2.24) is 10.6 Å². The normalized spacial score (nSPS) is 23.8. The van der Waals surface area contributed by atoms with Gasteiger partial charge in [0.25, 0.3) is 0 Å². The van der Waals surface area contributed by atoms with Gasteiger partial charge in [0.2, 0.25) is 0 Å². The third kappa shape index (κ3) is 5.45. The van der Waals surface area contributed by atoms with Crippen molar-refractivity contribution in [2.75, 3.05) is 6.61 Å². The number of amides is 2. The molecule has 1 aromatic rings. The zero-order chi connectivity index (χ0) is 16.7. The first-order valence-corrected chi connectivity index (χ1v) is 7.66. The van der Waals surface area contributed by atoms with Gasteiger partial charge in [0.1, 0.15) is 6.61 Å². The van der Waals surface area contributed by atoms with E-state index in [1.54, 1.807) is 0 Å². The molecule has 2 rings (SSSR count). The lowest BCUT2D eigenvalue weighted by Crippen LogP contribution is -2.49. The monoisotopic (exact) mass is 322 g/mol. The lowest BCUT2D eigenvalue weighted by molar-refractivity contribution is 0.104. The smallest absolute Gasteiger partial charge is 0.407 e. The summed E-state index contributed by atoms with van der Waals surface area (Å²) in [5.74, 6) is -0.190. The second kappa shape index (κ2) is 8.38. The highest BCUT2D eigenvalue weighted by molar-refractivity contribution is 5.67. The fraction of sp³-hybridized carbons (Fsp3) is 0.500. The molecule has 0 saturated heterocycles. The largest absolute Gasteiger partial charge is 0.465 e. The maximum atomic E-state index is 11.9. The zero-order valence-corrected chi connectivity index (χ0v) is 12.8. The molecule has 1 aromatic carbocycles. The molecule has 0 aliphatic heterocycles. The molecule has 1 aliphatic rings. The van der Waals surface area contributed by atoms with E-state index < -0.39 is 12.2 Å². The number of carbonyl (C=O) groups excluding carboxylic acids is 1. The van der Waals surface area contributed by atoms with Crippen LogP contribution in [0.15, 0.2) is 30.3 Å². The topological polar surface area (TPSA) is 108 Å². The van der Waals surface area contributed by atoms with Crippen LogP contribution in [-0.4, -0.2) is 41.1 Å². The summed E-state index contributed by atoms with van der Waals surface area (Å²) in [4.78, 5) is 22.6. The highest BCUT2D eigenvalue weighted by Crippen LogP contribution is 2.24. The van der Waals surface area contributed by atoms with Crippen LogP contribution in [-0.2, 0) is 11.3 Å². The van der Waals surface area contributed by atoms with Gasteiger partial charge in [-0.25, -0.2) is 9.59 Å². The second-order valence-corrected chi connectivity index (χ2v) is 5.71. The van der Waals surface area contributed by atoms with E-state index in [4.69, 9.17) is 9.84 Å². The molecule has 7 heteroatoms. The van der Waals surface area contributed by atoms with Crippen LogP contribution < -0.4 is 10.6 Å². The number of alkyl carbamates (subject to hydrolysis) is 1. The first-order valence-electron chi connectivity index (χ1n) is 7.66. The quantitative estimate of drug-likeness (QED) is 0.660. The number of aliphatic hydroxyl groups is 1. The Balaban J connectivity index is 1.79. The molecule has 1 fully saturated rings. The predicted octanol–water partition coefficient (Wildman–Crippen LogP) is 1.71. The van der Waals surface area contributed by atoms with Gasteiger partial charge >= 0.3 is 12.2 Å². The Morgan fingerprint density at radius 2 is 1.91 bits per heavy atom. The van der Waals surface area contributed by atoms with Crippen molar-refractivity contribution >= 4 is 12.2 Å². The molecular formula is C16H22N2O5. The molecule has 3 atom stereocenters. The number of rotatable bonds is 5. The molecule has 0 heterocycles. The molecule has 0 spiro atoms. The van der Waals surface area contributed by atoms with Crippen LogP contribution in [0, 0.1) is 5.92 Å². The van der Waals surface area contributed by atoms with E-state index in [2.05, 4.69) is 10.6 Å². The highest BCUT2D eigenvalue weighted by Gasteiger charge is 2.32. The summed E-state index contributed by atoms with van der Waals surface area (Å²) in [5.41, 5.74) is 0.899. The Labute approximate surface area is 134 Å². The van der Waals surface area contributed by atoms with Crippen LogP contribution in [0.5, 0.6) is 0 Å². The molecule has 1 unspecified atom stereocenters. The standard InChI is InChI=1S/C16H22N2O5/c19-9-12-8-13(17-15(20)21)6-7-14(12)18-16(22)23-10-11-4-2-1-3-5-11/h1-5,12-14,17,19H,6-10H2,(H,18,22)(H,20,21)/t12-,13?,14-/m0/s1. The van der Waals surface area contributed by atoms with E-state index in [1.165, 1.54) is 0 Å². The Bertz CT molecular complexity index is 522. The van der Waals surface area contributed by atoms with Crippen molar-refractivity contribution in [3.8, 4) is 0 Å². The van der Waals surface area contributed by atoms with Crippen LogP contribution in [0.1, 0.15) is 24.8 Å². The average molecular weight is 322 g/mol. The molecule has 23 heavy (non-hydrogen) atoms. The number of hydrogen-bond acceptors (Lipinski definition) is 4. The minimum absolute atomic E-state index is 0.110. The minimum atomic E-state index is -1.07. The Morgan fingerprint density at radius 1 is 1.17 bits per heavy atom. The Kier molecular flexibility index (Phi) is 6.22. The molecule has 2 amide bonds. The van der Waals surface area contributed by atoms with E-state index in [0.717, 1.165) is 5.56 Å².